The minimum Gasteiger partial charge on any atom is -0.489 e. The third kappa shape index (κ3) is 3.32. The molecule has 0 saturated heterocycles. The molecule has 2 aromatic rings. The van der Waals surface area contributed by atoms with Crippen LogP contribution in [0.5, 0.6) is 5.75 Å². The first-order valence-corrected chi connectivity index (χ1v) is 8.44. The quantitative estimate of drug-likeness (QED) is 0.816. The molecule has 3 rings (SSSR count). The van der Waals surface area contributed by atoms with Gasteiger partial charge in [-0.3, -0.25) is 0 Å². The Morgan fingerprint density at radius 2 is 2.00 bits per heavy atom. The van der Waals surface area contributed by atoms with Gasteiger partial charge in [-0.2, -0.15) is 0 Å². The Bertz CT molecular complexity index is 715. The van der Waals surface area contributed by atoms with Crippen molar-refractivity contribution in [3.05, 3.63) is 51.8 Å². The van der Waals surface area contributed by atoms with E-state index in [2.05, 4.69) is 0 Å². The summed E-state index contributed by atoms with van der Waals surface area (Å²) in [7, 11) is 0. The lowest BCUT2D eigenvalue weighted by molar-refractivity contribution is 0.209. The van der Waals surface area contributed by atoms with Gasteiger partial charge in [-0.05, 0) is 37.1 Å². The van der Waals surface area contributed by atoms with Crippen LogP contribution in [0, 0.1) is 5.82 Å². The second-order valence-electron chi connectivity index (χ2n) is 5.89. The molecule has 2 nitrogen and oxygen atoms in total. The monoisotopic (exact) mass is 353 g/mol. The lowest BCUT2D eigenvalue weighted by Gasteiger charge is -2.16. The van der Waals surface area contributed by atoms with Gasteiger partial charge in [0.25, 0.3) is 0 Å². The van der Waals surface area contributed by atoms with Crippen molar-refractivity contribution < 1.29 is 9.13 Å². The maximum absolute atomic E-state index is 14.1. The molecule has 1 aliphatic heterocycles. The minimum atomic E-state index is -0.321. The standard InChI is InChI=1S/C18H18Cl2FNO/c1-2-12(22)9-13-7-10-6-11(21)8-14(18(10)23-13)17-15(19)4-3-5-16(17)20/h3-6,8,12-13H,2,7,9,22H2,1H3. The van der Waals surface area contributed by atoms with Crippen LogP contribution < -0.4 is 10.5 Å². The fourth-order valence-electron chi connectivity index (χ4n) is 2.97. The molecule has 0 spiro atoms. The summed E-state index contributed by atoms with van der Waals surface area (Å²) in [4.78, 5) is 0. The summed E-state index contributed by atoms with van der Waals surface area (Å²) in [5.74, 6) is 0.341. The molecule has 0 fully saturated rings. The summed E-state index contributed by atoms with van der Waals surface area (Å²) >= 11 is 12.6. The van der Waals surface area contributed by atoms with E-state index in [-0.39, 0.29) is 18.0 Å². The van der Waals surface area contributed by atoms with E-state index in [9.17, 15) is 4.39 Å². The fourth-order valence-corrected chi connectivity index (χ4v) is 3.57. The molecular formula is C18H18Cl2FNO. The van der Waals surface area contributed by atoms with E-state index < -0.39 is 0 Å². The van der Waals surface area contributed by atoms with E-state index in [4.69, 9.17) is 33.7 Å². The van der Waals surface area contributed by atoms with Gasteiger partial charge in [-0.25, -0.2) is 4.39 Å². The van der Waals surface area contributed by atoms with Gasteiger partial charge in [-0.1, -0.05) is 36.2 Å². The molecule has 2 N–H and O–H groups in total. The molecule has 0 amide bonds. The first-order valence-electron chi connectivity index (χ1n) is 7.68. The summed E-state index contributed by atoms with van der Waals surface area (Å²) in [6, 6.07) is 8.25. The molecule has 5 heteroatoms. The molecule has 0 bridgehead atoms. The number of benzene rings is 2. The van der Waals surface area contributed by atoms with Crippen molar-refractivity contribution in [1.29, 1.82) is 0 Å². The molecule has 0 radical (unpaired) electrons. The van der Waals surface area contributed by atoms with Crippen LogP contribution in [-0.2, 0) is 6.42 Å². The summed E-state index contributed by atoms with van der Waals surface area (Å²) < 4.78 is 20.1. The summed E-state index contributed by atoms with van der Waals surface area (Å²) in [6.45, 7) is 2.04. The van der Waals surface area contributed by atoms with Gasteiger partial charge in [-0.15, -0.1) is 0 Å². The topological polar surface area (TPSA) is 35.2 Å². The van der Waals surface area contributed by atoms with Crippen molar-refractivity contribution in [2.75, 3.05) is 0 Å². The van der Waals surface area contributed by atoms with Gasteiger partial charge in [0.05, 0.1) is 10.0 Å². The van der Waals surface area contributed by atoms with Crippen molar-refractivity contribution in [2.45, 2.75) is 38.3 Å². The van der Waals surface area contributed by atoms with E-state index in [0.717, 1.165) is 18.4 Å². The third-order valence-corrected chi connectivity index (χ3v) is 4.81. The van der Waals surface area contributed by atoms with E-state index in [1.54, 1.807) is 18.2 Å². The molecule has 23 heavy (non-hydrogen) atoms. The number of hydrogen-bond donors (Lipinski definition) is 1. The molecule has 1 aliphatic rings. The van der Waals surface area contributed by atoms with Crippen LogP contribution in [0.1, 0.15) is 25.3 Å². The minimum absolute atomic E-state index is 0.0400. The van der Waals surface area contributed by atoms with Crippen LogP contribution >= 0.6 is 23.2 Å². The molecule has 0 aromatic heterocycles. The molecule has 2 aromatic carbocycles. The smallest absolute Gasteiger partial charge is 0.131 e. The highest BCUT2D eigenvalue weighted by atomic mass is 35.5. The Labute approximate surface area is 145 Å². The molecule has 0 saturated carbocycles. The second kappa shape index (κ2) is 6.68. The Morgan fingerprint density at radius 1 is 1.30 bits per heavy atom. The Kier molecular flexibility index (Phi) is 4.81. The zero-order valence-corrected chi connectivity index (χ0v) is 14.3. The van der Waals surface area contributed by atoms with E-state index >= 15 is 0 Å². The average Bonchev–Trinajstić information content (AvgIpc) is 2.88. The van der Waals surface area contributed by atoms with Crippen LogP contribution in [0.2, 0.25) is 10.0 Å². The van der Waals surface area contributed by atoms with E-state index in [0.29, 0.717) is 33.3 Å². The Balaban J connectivity index is 2.03. The van der Waals surface area contributed by atoms with E-state index in [1.165, 1.54) is 12.1 Å². The highest BCUT2D eigenvalue weighted by Gasteiger charge is 2.29. The largest absolute Gasteiger partial charge is 0.489 e. The average molecular weight is 354 g/mol. The molecule has 122 valence electrons. The fraction of sp³-hybridized carbons (Fsp3) is 0.333. The van der Waals surface area contributed by atoms with Gasteiger partial charge < -0.3 is 10.5 Å². The number of rotatable bonds is 4. The maximum atomic E-state index is 14.1. The van der Waals surface area contributed by atoms with Crippen molar-refractivity contribution in [1.82, 2.24) is 0 Å². The van der Waals surface area contributed by atoms with Gasteiger partial charge in [0, 0.05) is 29.2 Å². The second-order valence-corrected chi connectivity index (χ2v) is 6.70. The zero-order chi connectivity index (χ0) is 16.6. The summed E-state index contributed by atoms with van der Waals surface area (Å²) in [5.41, 5.74) is 8.06. The predicted octanol–water partition coefficient (Wildman–Crippen LogP) is 5.23. The maximum Gasteiger partial charge on any atom is 0.131 e. The lowest BCUT2D eigenvalue weighted by atomic mass is 9.98. The highest BCUT2D eigenvalue weighted by Crippen LogP contribution is 2.45. The van der Waals surface area contributed by atoms with Gasteiger partial charge in [0.1, 0.15) is 17.7 Å². The SMILES string of the molecule is CCC(N)CC1Cc2cc(F)cc(-c3c(Cl)cccc3Cl)c2O1. The molecule has 2 unspecified atom stereocenters. The Morgan fingerprint density at radius 3 is 2.65 bits per heavy atom. The number of halogens is 3. The van der Waals surface area contributed by atoms with Crippen LogP contribution in [-0.4, -0.2) is 12.1 Å². The normalized spacial score (nSPS) is 17.7. The highest BCUT2D eigenvalue weighted by molar-refractivity contribution is 6.39. The van der Waals surface area contributed by atoms with Gasteiger partial charge in [0.15, 0.2) is 0 Å². The molecule has 0 aliphatic carbocycles. The van der Waals surface area contributed by atoms with Crippen LogP contribution in [0.15, 0.2) is 30.3 Å². The van der Waals surface area contributed by atoms with Crippen LogP contribution in [0.3, 0.4) is 0 Å². The van der Waals surface area contributed by atoms with Crippen molar-refractivity contribution in [3.8, 4) is 16.9 Å². The van der Waals surface area contributed by atoms with Gasteiger partial charge >= 0.3 is 0 Å². The number of fused-ring (bicyclic) bond motifs is 1. The first kappa shape index (κ1) is 16.6. The van der Waals surface area contributed by atoms with Crippen LogP contribution in [0.25, 0.3) is 11.1 Å². The van der Waals surface area contributed by atoms with Crippen molar-refractivity contribution in [3.63, 3.8) is 0 Å². The molecular weight excluding hydrogens is 336 g/mol. The molecule has 2 atom stereocenters. The number of hydrogen-bond acceptors (Lipinski definition) is 2. The lowest BCUT2D eigenvalue weighted by Crippen LogP contribution is -2.27. The van der Waals surface area contributed by atoms with Crippen molar-refractivity contribution >= 4 is 23.2 Å². The zero-order valence-electron chi connectivity index (χ0n) is 12.8. The summed E-state index contributed by atoms with van der Waals surface area (Å²) in [6.07, 6.45) is 2.23. The van der Waals surface area contributed by atoms with Crippen LogP contribution in [0.4, 0.5) is 4.39 Å². The Hall–Kier alpha value is -1.29. The summed E-state index contributed by atoms with van der Waals surface area (Å²) in [5, 5.41) is 0.949. The van der Waals surface area contributed by atoms with Crippen molar-refractivity contribution in [2.24, 2.45) is 5.73 Å². The first-order chi connectivity index (χ1) is 11.0. The molecule has 1 heterocycles. The van der Waals surface area contributed by atoms with Gasteiger partial charge in [0.2, 0.25) is 0 Å². The van der Waals surface area contributed by atoms with E-state index in [1.807, 2.05) is 6.92 Å². The number of ether oxygens (including phenoxy) is 1. The number of nitrogens with two attached hydrogens (primary N) is 1. The third-order valence-electron chi connectivity index (χ3n) is 4.18. The predicted molar refractivity (Wildman–Crippen MR) is 92.9 cm³/mol.